The summed E-state index contributed by atoms with van der Waals surface area (Å²) in [7, 11) is 0. The van der Waals surface area contributed by atoms with Crippen LogP contribution in [-0.2, 0) is 17.6 Å². The minimum absolute atomic E-state index is 0.223. The van der Waals surface area contributed by atoms with Gasteiger partial charge in [-0.25, -0.2) is 4.68 Å². The maximum Gasteiger partial charge on any atom is 0.267 e. The van der Waals surface area contributed by atoms with Crippen molar-refractivity contribution < 1.29 is 4.79 Å². The van der Waals surface area contributed by atoms with Crippen LogP contribution in [0.25, 0.3) is 0 Å². The van der Waals surface area contributed by atoms with Gasteiger partial charge in [-0.2, -0.15) is 9.47 Å². The summed E-state index contributed by atoms with van der Waals surface area (Å²) in [6.45, 7) is 3.54. The topological polar surface area (TPSA) is 76.9 Å². The molecule has 21 heavy (non-hydrogen) atoms. The molecule has 0 saturated heterocycles. The number of hydrogen-bond acceptors (Lipinski definition) is 5. The fourth-order valence-corrected chi connectivity index (χ4v) is 3.12. The second kappa shape index (κ2) is 5.40. The van der Waals surface area contributed by atoms with Gasteiger partial charge in [0.25, 0.3) is 5.56 Å². The number of rotatable bonds is 3. The predicted octanol–water partition coefficient (Wildman–Crippen LogP) is 1.70. The van der Waals surface area contributed by atoms with Gasteiger partial charge in [-0.15, -0.1) is 0 Å². The molecular weight excluding hydrogens is 288 g/mol. The molecule has 0 aromatic carbocycles. The second-order valence-corrected chi connectivity index (χ2v) is 6.06. The standard InChI is InChI=1S/C14H16N4O2S/c1-8-6-12(21-17-8)15-14(20)9(2)18-13(19)7-10-4-3-5-11(10)16-18/h6-7,9H,3-5H2,1-2H3,(H,15,20)/t9-/m0/s1. The number of anilines is 1. The lowest BCUT2D eigenvalue weighted by atomic mass is 10.2. The van der Waals surface area contributed by atoms with Crippen molar-refractivity contribution in [3.8, 4) is 0 Å². The third kappa shape index (κ3) is 2.73. The number of amides is 1. The lowest BCUT2D eigenvalue weighted by Gasteiger charge is -2.14. The quantitative estimate of drug-likeness (QED) is 0.936. The van der Waals surface area contributed by atoms with Crippen molar-refractivity contribution >= 4 is 22.4 Å². The van der Waals surface area contributed by atoms with E-state index in [1.807, 2.05) is 6.92 Å². The van der Waals surface area contributed by atoms with Crippen LogP contribution >= 0.6 is 11.5 Å². The van der Waals surface area contributed by atoms with Crippen LogP contribution in [0.2, 0.25) is 0 Å². The molecule has 1 aliphatic carbocycles. The Hall–Kier alpha value is -2.02. The fourth-order valence-electron chi connectivity index (χ4n) is 2.45. The van der Waals surface area contributed by atoms with Crippen LogP contribution in [0.4, 0.5) is 5.00 Å². The molecule has 2 aromatic heterocycles. The van der Waals surface area contributed by atoms with Gasteiger partial charge in [0.15, 0.2) is 0 Å². The maximum atomic E-state index is 12.2. The van der Waals surface area contributed by atoms with Gasteiger partial charge in [0.1, 0.15) is 11.0 Å². The van der Waals surface area contributed by atoms with Crippen molar-refractivity contribution in [1.29, 1.82) is 0 Å². The Kier molecular flexibility index (Phi) is 3.59. The van der Waals surface area contributed by atoms with Gasteiger partial charge < -0.3 is 5.32 Å². The van der Waals surface area contributed by atoms with Gasteiger partial charge >= 0.3 is 0 Å². The number of nitrogens with zero attached hydrogens (tertiary/aromatic N) is 3. The molecule has 0 unspecified atom stereocenters. The van der Waals surface area contributed by atoms with Gasteiger partial charge in [0, 0.05) is 6.07 Å². The van der Waals surface area contributed by atoms with E-state index < -0.39 is 6.04 Å². The number of carbonyl (C=O) groups excluding carboxylic acids is 1. The van der Waals surface area contributed by atoms with Crippen LogP contribution in [-0.4, -0.2) is 20.1 Å². The minimum Gasteiger partial charge on any atom is -0.315 e. The van der Waals surface area contributed by atoms with E-state index in [4.69, 9.17) is 0 Å². The summed E-state index contributed by atoms with van der Waals surface area (Å²) in [5.41, 5.74) is 2.58. The molecule has 0 radical (unpaired) electrons. The molecule has 1 N–H and O–H groups in total. The molecular formula is C14H16N4O2S. The molecule has 6 nitrogen and oxygen atoms in total. The largest absolute Gasteiger partial charge is 0.315 e. The molecule has 7 heteroatoms. The van der Waals surface area contributed by atoms with Gasteiger partial charge in [0.2, 0.25) is 5.91 Å². The zero-order valence-corrected chi connectivity index (χ0v) is 12.7. The summed E-state index contributed by atoms with van der Waals surface area (Å²) in [5, 5.41) is 7.80. The Morgan fingerprint density at radius 2 is 2.24 bits per heavy atom. The fraction of sp³-hybridized carbons (Fsp3) is 0.429. The Balaban J connectivity index is 1.83. The Morgan fingerprint density at radius 3 is 2.95 bits per heavy atom. The zero-order chi connectivity index (χ0) is 15.0. The molecule has 0 spiro atoms. The first-order chi connectivity index (χ1) is 10.0. The van der Waals surface area contributed by atoms with Crippen LogP contribution in [0, 0.1) is 6.92 Å². The summed E-state index contributed by atoms with van der Waals surface area (Å²) in [5.74, 6) is -0.258. The third-order valence-corrected chi connectivity index (χ3v) is 4.40. The Bertz CT molecular complexity index is 750. The van der Waals surface area contributed by atoms with Crippen LogP contribution in [0.15, 0.2) is 16.9 Å². The molecule has 0 saturated carbocycles. The van der Waals surface area contributed by atoms with Crippen molar-refractivity contribution in [3.05, 3.63) is 39.4 Å². The van der Waals surface area contributed by atoms with Gasteiger partial charge in [-0.1, -0.05) is 0 Å². The summed E-state index contributed by atoms with van der Waals surface area (Å²) >= 11 is 1.23. The van der Waals surface area contributed by atoms with E-state index in [1.165, 1.54) is 16.2 Å². The predicted molar refractivity (Wildman–Crippen MR) is 80.7 cm³/mol. The molecule has 3 rings (SSSR count). The summed E-state index contributed by atoms with van der Waals surface area (Å²) in [4.78, 5) is 24.3. The van der Waals surface area contributed by atoms with E-state index in [-0.39, 0.29) is 11.5 Å². The average Bonchev–Trinajstić information content (AvgIpc) is 3.05. The molecule has 1 atom stereocenters. The Morgan fingerprint density at radius 1 is 1.43 bits per heavy atom. The minimum atomic E-state index is -0.647. The van der Waals surface area contributed by atoms with Gasteiger partial charge in [-0.05, 0) is 56.3 Å². The highest BCUT2D eigenvalue weighted by molar-refractivity contribution is 7.10. The molecule has 0 aliphatic heterocycles. The van der Waals surface area contributed by atoms with E-state index in [0.717, 1.165) is 36.2 Å². The molecule has 1 aliphatic rings. The van der Waals surface area contributed by atoms with E-state index >= 15 is 0 Å². The van der Waals surface area contributed by atoms with Crippen molar-refractivity contribution in [2.24, 2.45) is 0 Å². The van der Waals surface area contributed by atoms with E-state index in [2.05, 4.69) is 14.8 Å². The molecule has 1 amide bonds. The first-order valence-corrected chi connectivity index (χ1v) is 7.68. The number of aromatic nitrogens is 3. The summed E-state index contributed by atoms with van der Waals surface area (Å²) in [6, 6.07) is 2.76. The van der Waals surface area contributed by atoms with Crippen molar-refractivity contribution in [1.82, 2.24) is 14.2 Å². The average molecular weight is 304 g/mol. The maximum absolute atomic E-state index is 12.2. The highest BCUT2D eigenvalue weighted by Gasteiger charge is 2.21. The number of carbonyl (C=O) groups is 1. The lowest BCUT2D eigenvalue weighted by molar-refractivity contribution is -0.119. The van der Waals surface area contributed by atoms with Crippen LogP contribution in [0.5, 0.6) is 0 Å². The van der Waals surface area contributed by atoms with Crippen molar-refractivity contribution in [3.63, 3.8) is 0 Å². The first kappa shape index (κ1) is 13.9. The lowest BCUT2D eigenvalue weighted by Crippen LogP contribution is -2.33. The van der Waals surface area contributed by atoms with E-state index in [9.17, 15) is 9.59 Å². The second-order valence-electron chi connectivity index (χ2n) is 5.25. The van der Waals surface area contributed by atoms with Gasteiger partial charge in [-0.3, -0.25) is 9.59 Å². The molecule has 2 aromatic rings. The van der Waals surface area contributed by atoms with E-state index in [0.29, 0.717) is 5.00 Å². The summed E-state index contributed by atoms with van der Waals surface area (Å²) in [6.07, 6.45) is 2.80. The Labute approximate surface area is 126 Å². The SMILES string of the molecule is Cc1cc(NC(=O)[C@H](C)n2nc3c(cc2=O)CCC3)sn1. The number of fused-ring (bicyclic) bond motifs is 1. The van der Waals surface area contributed by atoms with E-state index in [1.54, 1.807) is 19.1 Å². The molecule has 2 heterocycles. The van der Waals surface area contributed by atoms with Gasteiger partial charge in [0.05, 0.1) is 11.4 Å². The zero-order valence-electron chi connectivity index (χ0n) is 11.9. The smallest absolute Gasteiger partial charge is 0.267 e. The number of aryl methyl sites for hydroxylation is 3. The highest BCUT2D eigenvalue weighted by Crippen LogP contribution is 2.19. The highest BCUT2D eigenvalue weighted by atomic mass is 32.1. The molecule has 0 bridgehead atoms. The van der Waals surface area contributed by atoms with Crippen LogP contribution in [0.1, 0.15) is 36.3 Å². The first-order valence-electron chi connectivity index (χ1n) is 6.90. The number of hydrogen-bond donors (Lipinski definition) is 1. The molecule has 110 valence electrons. The number of nitrogens with one attached hydrogen (secondary N) is 1. The summed E-state index contributed by atoms with van der Waals surface area (Å²) < 4.78 is 5.38. The van der Waals surface area contributed by atoms with Crippen LogP contribution in [0.3, 0.4) is 0 Å². The monoisotopic (exact) mass is 304 g/mol. The normalized spacial score (nSPS) is 14.8. The third-order valence-electron chi connectivity index (χ3n) is 3.60. The van der Waals surface area contributed by atoms with Crippen molar-refractivity contribution in [2.45, 2.75) is 39.2 Å². The van der Waals surface area contributed by atoms with Crippen LogP contribution < -0.4 is 10.9 Å². The van der Waals surface area contributed by atoms with Crippen molar-refractivity contribution in [2.75, 3.05) is 5.32 Å². The molecule has 0 fully saturated rings.